The SMILES string of the molecule is COc1ccc([C@H]2NC(=O)CO[C@@H]2C(=O)NCCn2cc(C)nn2)cc1OC. The second-order valence-electron chi connectivity index (χ2n) is 6.31. The van der Waals surface area contributed by atoms with Crippen LogP contribution in [0, 0.1) is 6.92 Å². The number of aromatic nitrogens is 3. The van der Waals surface area contributed by atoms with E-state index < -0.39 is 12.1 Å². The standard InChI is InChI=1S/C18H23N5O5/c1-11-9-23(22-21-11)7-6-19-18(25)17-16(20-15(24)10-28-17)12-4-5-13(26-2)14(8-12)27-3/h4-5,8-9,16-17H,6-7,10H2,1-3H3,(H,19,25)(H,20,24)/t16-,17+/m1/s1. The van der Waals surface area contributed by atoms with Gasteiger partial charge in [0.15, 0.2) is 17.6 Å². The minimum atomic E-state index is -0.867. The first-order valence-corrected chi connectivity index (χ1v) is 8.79. The highest BCUT2D eigenvalue weighted by Gasteiger charge is 2.36. The van der Waals surface area contributed by atoms with E-state index in [-0.39, 0.29) is 18.4 Å². The fraction of sp³-hybridized carbons (Fsp3) is 0.444. The summed E-state index contributed by atoms with van der Waals surface area (Å²) in [6.07, 6.45) is 0.920. The molecule has 0 saturated carbocycles. The van der Waals surface area contributed by atoms with Gasteiger partial charge in [-0.05, 0) is 24.6 Å². The van der Waals surface area contributed by atoms with Crippen LogP contribution in [0.1, 0.15) is 17.3 Å². The van der Waals surface area contributed by atoms with Gasteiger partial charge < -0.3 is 24.8 Å². The summed E-state index contributed by atoms with van der Waals surface area (Å²) in [6.45, 7) is 2.50. The van der Waals surface area contributed by atoms with Gasteiger partial charge >= 0.3 is 0 Å². The summed E-state index contributed by atoms with van der Waals surface area (Å²) < 4.78 is 17.7. The zero-order valence-corrected chi connectivity index (χ0v) is 16.0. The van der Waals surface area contributed by atoms with E-state index in [1.807, 2.05) is 6.92 Å². The quantitative estimate of drug-likeness (QED) is 0.683. The van der Waals surface area contributed by atoms with Gasteiger partial charge in [-0.3, -0.25) is 14.3 Å². The Morgan fingerprint density at radius 3 is 2.82 bits per heavy atom. The van der Waals surface area contributed by atoms with Gasteiger partial charge in [0.05, 0.1) is 32.5 Å². The monoisotopic (exact) mass is 389 g/mol. The molecule has 0 radical (unpaired) electrons. The number of rotatable bonds is 7. The number of hydrogen-bond donors (Lipinski definition) is 2. The summed E-state index contributed by atoms with van der Waals surface area (Å²) in [5.41, 5.74) is 1.48. The van der Waals surface area contributed by atoms with Gasteiger partial charge in [0.25, 0.3) is 5.91 Å². The van der Waals surface area contributed by atoms with E-state index in [1.54, 1.807) is 29.1 Å². The van der Waals surface area contributed by atoms with E-state index in [0.717, 1.165) is 5.69 Å². The van der Waals surface area contributed by atoms with E-state index in [1.165, 1.54) is 14.2 Å². The average Bonchev–Trinajstić information content (AvgIpc) is 3.12. The maximum atomic E-state index is 12.7. The van der Waals surface area contributed by atoms with Crippen LogP contribution in [0.25, 0.3) is 0 Å². The number of hydrogen-bond acceptors (Lipinski definition) is 7. The third kappa shape index (κ3) is 4.39. The van der Waals surface area contributed by atoms with Crippen molar-refractivity contribution in [3.63, 3.8) is 0 Å². The van der Waals surface area contributed by atoms with Crippen molar-refractivity contribution in [2.24, 2.45) is 0 Å². The van der Waals surface area contributed by atoms with Crippen LogP contribution in [-0.2, 0) is 20.9 Å². The van der Waals surface area contributed by atoms with Crippen molar-refractivity contribution in [3.8, 4) is 11.5 Å². The summed E-state index contributed by atoms with van der Waals surface area (Å²) in [4.78, 5) is 24.5. The molecule has 1 saturated heterocycles. The fourth-order valence-corrected chi connectivity index (χ4v) is 2.98. The van der Waals surface area contributed by atoms with Crippen LogP contribution < -0.4 is 20.1 Å². The molecule has 10 heteroatoms. The molecule has 1 aliphatic rings. The zero-order chi connectivity index (χ0) is 20.1. The van der Waals surface area contributed by atoms with E-state index in [2.05, 4.69) is 20.9 Å². The number of nitrogens with zero attached hydrogens (tertiary/aromatic N) is 3. The number of morpholine rings is 1. The zero-order valence-electron chi connectivity index (χ0n) is 16.0. The van der Waals surface area contributed by atoms with Gasteiger partial charge in [-0.25, -0.2) is 0 Å². The third-order valence-corrected chi connectivity index (χ3v) is 4.33. The lowest BCUT2D eigenvalue weighted by Gasteiger charge is -2.32. The smallest absolute Gasteiger partial charge is 0.251 e. The van der Waals surface area contributed by atoms with Gasteiger partial charge in [0, 0.05) is 12.7 Å². The Morgan fingerprint density at radius 2 is 2.14 bits per heavy atom. The molecule has 0 bridgehead atoms. The predicted octanol–water partition coefficient (Wildman–Crippen LogP) is -0.0238. The normalized spacial score (nSPS) is 19.0. The number of carbonyl (C=O) groups excluding carboxylic acids is 2. The molecule has 2 atom stereocenters. The molecular formula is C18H23N5O5. The Bertz CT molecular complexity index is 853. The van der Waals surface area contributed by atoms with E-state index >= 15 is 0 Å². The van der Waals surface area contributed by atoms with Gasteiger partial charge in [-0.1, -0.05) is 11.3 Å². The molecule has 1 aliphatic heterocycles. The first-order valence-electron chi connectivity index (χ1n) is 8.79. The van der Waals surface area contributed by atoms with E-state index in [4.69, 9.17) is 14.2 Å². The molecule has 1 aromatic carbocycles. The summed E-state index contributed by atoms with van der Waals surface area (Å²) >= 11 is 0. The highest BCUT2D eigenvalue weighted by atomic mass is 16.5. The maximum absolute atomic E-state index is 12.7. The van der Waals surface area contributed by atoms with Crippen molar-refractivity contribution in [3.05, 3.63) is 35.7 Å². The van der Waals surface area contributed by atoms with Crippen molar-refractivity contribution < 1.29 is 23.8 Å². The van der Waals surface area contributed by atoms with Gasteiger partial charge in [-0.15, -0.1) is 5.10 Å². The largest absolute Gasteiger partial charge is 0.493 e. The molecule has 10 nitrogen and oxygen atoms in total. The summed E-state index contributed by atoms with van der Waals surface area (Å²) in [5.74, 6) is 0.442. The number of ether oxygens (including phenoxy) is 3. The fourth-order valence-electron chi connectivity index (χ4n) is 2.98. The lowest BCUT2D eigenvalue weighted by Crippen LogP contribution is -2.52. The number of carbonyl (C=O) groups is 2. The minimum Gasteiger partial charge on any atom is -0.493 e. The van der Waals surface area contributed by atoms with Gasteiger partial charge in [-0.2, -0.15) is 0 Å². The molecule has 1 fully saturated rings. The average molecular weight is 389 g/mol. The molecular weight excluding hydrogens is 366 g/mol. The van der Waals surface area contributed by atoms with Crippen molar-refractivity contribution in [2.75, 3.05) is 27.4 Å². The van der Waals surface area contributed by atoms with Crippen LogP contribution in [0.5, 0.6) is 11.5 Å². The molecule has 2 aromatic rings. The van der Waals surface area contributed by atoms with Crippen LogP contribution in [0.4, 0.5) is 0 Å². The second kappa shape index (κ2) is 8.70. The first kappa shape index (κ1) is 19.6. The predicted molar refractivity (Wildman–Crippen MR) is 97.9 cm³/mol. The molecule has 2 N–H and O–H groups in total. The third-order valence-electron chi connectivity index (χ3n) is 4.33. The molecule has 3 rings (SSSR count). The lowest BCUT2D eigenvalue weighted by atomic mass is 9.98. The van der Waals surface area contributed by atoms with Crippen LogP contribution in [0.3, 0.4) is 0 Å². The van der Waals surface area contributed by atoms with E-state index in [9.17, 15) is 9.59 Å². The molecule has 0 spiro atoms. The Balaban J connectivity index is 1.70. The van der Waals surface area contributed by atoms with Crippen molar-refractivity contribution in [2.45, 2.75) is 25.6 Å². The molecule has 0 unspecified atom stereocenters. The molecule has 1 aromatic heterocycles. The minimum absolute atomic E-state index is 0.176. The first-order chi connectivity index (χ1) is 13.5. The van der Waals surface area contributed by atoms with Crippen molar-refractivity contribution in [1.82, 2.24) is 25.6 Å². The van der Waals surface area contributed by atoms with Crippen LogP contribution in [0.15, 0.2) is 24.4 Å². The number of methoxy groups -OCH3 is 2. The van der Waals surface area contributed by atoms with Crippen LogP contribution in [0.2, 0.25) is 0 Å². The van der Waals surface area contributed by atoms with Crippen molar-refractivity contribution >= 4 is 11.8 Å². The molecule has 28 heavy (non-hydrogen) atoms. The number of amides is 2. The highest BCUT2D eigenvalue weighted by Crippen LogP contribution is 2.32. The Kier molecular flexibility index (Phi) is 6.09. The number of nitrogens with one attached hydrogen (secondary N) is 2. The number of benzene rings is 1. The Morgan fingerprint density at radius 1 is 1.36 bits per heavy atom. The Hall–Kier alpha value is -3.14. The lowest BCUT2D eigenvalue weighted by molar-refractivity contribution is -0.148. The van der Waals surface area contributed by atoms with Gasteiger partial charge in [0.1, 0.15) is 6.61 Å². The highest BCUT2D eigenvalue weighted by molar-refractivity contribution is 5.86. The summed E-state index contributed by atoms with van der Waals surface area (Å²) in [6, 6.07) is 4.56. The summed E-state index contributed by atoms with van der Waals surface area (Å²) in [7, 11) is 3.06. The molecule has 2 amide bonds. The molecule has 150 valence electrons. The second-order valence-corrected chi connectivity index (χ2v) is 6.31. The van der Waals surface area contributed by atoms with E-state index in [0.29, 0.717) is 30.2 Å². The van der Waals surface area contributed by atoms with Crippen molar-refractivity contribution in [1.29, 1.82) is 0 Å². The molecule has 0 aliphatic carbocycles. The number of aryl methyl sites for hydroxylation is 1. The van der Waals surface area contributed by atoms with Crippen LogP contribution >= 0.6 is 0 Å². The maximum Gasteiger partial charge on any atom is 0.251 e. The topological polar surface area (TPSA) is 117 Å². The van der Waals surface area contributed by atoms with Gasteiger partial charge in [0.2, 0.25) is 5.91 Å². The Labute approximate surface area is 162 Å². The molecule has 2 heterocycles. The van der Waals surface area contributed by atoms with Crippen LogP contribution in [-0.4, -0.2) is 60.3 Å². The summed E-state index contributed by atoms with van der Waals surface area (Å²) in [5, 5.41) is 13.5.